The summed E-state index contributed by atoms with van der Waals surface area (Å²) in [4.78, 5) is 33.5. The summed E-state index contributed by atoms with van der Waals surface area (Å²) in [6.45, 7) is 4.39. The summed E-state index contributed by atoms with van der Waals surface area (Å²) < 4.78 is 4.61. The lowest BCUT2D eigenvalue weighted by molar-refractivity contribution is -0.135. The van der Waals surface area contributed by atoms with Crippen LogP contribution in [0.5, 0.6) is 0 Å². The number of imidazole rings is 1. The molecule has 7 heteroatoms. The van der Waals surface area contributed by atoms with Gasteiger partial charge in [0.15, 0.2) is 0 Å². The Morgan fingerprint density at radius 3 is 2.87 bits per heavy atom. The lowest BCUT2D eigenvalue weighted by Crippen LogP contribution is -2.51. The number of terminal acetylenes is 1. The van der Waals surface area contributed by atoms with Gasteiger partial charge in [-0.2, -0.15) is 0 Å². The Bertz CT molecular complexity index is 617. The molecule has 1 saturated heterocycles. The molecule has 2 N–H and O–H groups in total. The highest BCUT2D eigenvalue weighted by atomic mass is 16.5. The monoisotopic (exact) mass is 318 g/mol. The topological polar surface area (TPSA) is 87.3 Å². The maximum atomic E-state index is 12.9. The van der Waals surface area contributed by atoms with Crippen LogP contribution in [-0.2, 0) is 9.53 Å². The maximum absolute atomic E-state index is 12.9. The number of carbonyl (C=O) groups excluding carboxylic acids is 2. The van der Waals surface area contributed by atoms with Gasteiger partial charge in [-0.3, -0.25) is 4.79 Å². The van der Waals surface area contributed by atoms with Gasteiger partial charge in [0.05, 0.1) is 19.3 Å². The highest BCUT2D eigenvalue weighted by Crippen LogP contribution is 2.31. The predicted octanol–water partition coefficient (Wildman–Crippen LogP) is 1.44. The molecule has 0 aromatic carbocycles. The highest BCUT2D eigenvalue weighted by Gasteiger charge is 2.37. The Balaban J connectivity index is 2.18. The fourth-order valence-electron chi connectivity index (χ4n) is 2.77. The average molecular weight is 318 g/mol. The molecule has 1 aromatic rings. The van der Waals surface area contributed by atoms with E-state index < -0.39 is 12.1 Å². The fourth-order valence-corrected chi connectivity index (χ4v) is 2.77. The summed E-state index contributed by atoms with van der Waals surface area (Å²) in [6, 6.07) is -0.782. The summed E-state index contributed by atoms with van der Waals surface area (Å²) in [5, 5.41) is 2.62. The first kappa shape index (κ1) is 16.9. The molecule has 7 nitrogen and oxygen atoms in total. The van der Waals surface area contributed by atoms with E-state index in [1.165, 1.54) is 7.11 Å². The molecule has 2 heterocycles. The molecule has 2 atom stereocenters. The SMILES string of the molecule is C#Cc1cnc([C@@H]2CCCN2C(=O)C(NC(=O)OC)C(C)C)[nH]1. The first-order chi connectivity index (χ1) is 11.0. The van der Waals surface area contributed by atoms with Crippen LogP contribution in [0.2, 0.25) is 0 Å². The summed E-state index contributed by atoms with van der Waals surface area (Å²) in [5.41, 5.74) is 0.590. The molecular weight excluding hydrogens is 296 g/mol. The van der Waals surface area contributed by atoms with Crippen LogP contribution in [0, 0.1) is 18.3 Å². The van der Waals surface area contributed by atoms with Gasteiger partial charge in [-0.25, -0.2) is 9.78 Å². The Labute approximate surface area is 135 Å². The van der Waals surface area contributed by atoms with Crippen molar-refractivity contribution in [2.45, 2.75) is 38.8 Å². The van der Waals surface area contributed by atoms with Gasteiger partial charge in [0.1, 0.15) is 17.6 Å². The molecule has 1 unspecified atom stereocenters. The minimum absolute atomic E-state index is 0.0549. The number of amides is 2. The van der Waals surface area contributed by atoms with Crippen molar-refractivity contribution in [2.24, 2.45) is 5.92 Å². The molecular formula is C16H22N4O3. The van der Waals surface area contributed by atoms with Crippen LogP contribution < -0.4 is 5.32 Å². The number of hydrogen-bond donors (Lipinski definition) is 2. The maximum Gasteiger partial charge on any atom is 0.407 e. The average Bonchev–Trinajstić information content (AvgIpc) is 3.19. The fraction of sp³-hybridized carbons (Fsp3) is 0.562. The molecule has 124 valence electrons. The summed E-state index contributed by atoms with van der Waals surface area (Å²) in [7, 11) is 1.28. The first-order valence-electron chi connectivity index (χ1n) is 7.64. The van der Waals surface area contributed by atoms with Crippen molar-refractivity contribution < 1.29 is 14.3 Å². The second-order valence-electron chi connectivity index (χ2n) is 5.87. The first-order valence-corrected chi connectivity index (χ1v) is 7.64. The van der Waals surface area contributed by atoms with Crippen molar-refractivity contribution in [3.8, 4) is 12.3 Å². The molecule has 23 heavy (non-hydrogen) atoms. The van der Waals surface area contributed by atoms with Crippen LogP contribution >= 0.6 is 0 Å². The number of alkyl carbamates (subject to hydrolysis) is 1. The van der Waals surface area contributed by atoms with Crippen LogP contribution in [-0.4, -0.2) is 46.6 Å². The molecule has 1 aliphatic rings. The molecule has 0 saturated carbocycles. The summed E-state index contributed by atoms with van der Waals surface area (Å²) in [5.74, 6) is 2.99. The second-order valence-corrected chi connectivity index (χ2v) is 5.87. The van der Waals surface area contributed by atoms with Crippen LogP contribution in [0.15, 0.2) is 6.20 Å². The van der Waals surface area contributed by atoms with E-state index in [9.17, 15) is 9.59 Å². The van der Waals surface area contributed by atoms with Gasteiger partial charge in [0.25, 0.3) is 0 Å². The van der Waals surface area contributed by atoms with Gasteiger partial charge < -0.3 is 19.9 Å². The third kappa shape index (κ3) is 3.65. The van der Waals surface area contributed by atoms with Crippen LogP contribution in [0.1, 0.15) is 44.2 Å². The molecule has 1 aliphatic heterocycles. The van der Waals surface area contributed by atoms with Crippen molar-refractivity contribution in [3.63, 3.8) is 0 Å². The number of rotatable bonds is 4. The van der Waals surface area contributed by atoms with Crippen molar-refractivity contribution >= 4 is 12.0 Å². The second kappa shape index (κ2) is 7.18. The number of hydrogen-bond acceptors (Lipinski definition) is 4. The number of methoxy groups -OCH3 is 1. The highest BCUT2D eigenvalue weighted by molar-refractivity contribution is 5.86. The van der Waals surface area contributed by atoms with Crippen molar-refractivity contribution in [1.29, 1.82) is 0 Å². The van der Waals surface area contributed by atoms with Gasteiger partial charge in [-0.15, -0.1) is 6.42 Å². The van der Waals surface area contributed by atoms with E-state index in [0.717, 1.165) is 12.8 Å². The van der Waals surface area contributed by atoms with Crippen LogP contribution in [0.3, 0.4) is 0 Å². The quantitative estimate of drug-likeness (QED) is 0.822. The third-order valence-corrected chi connectivity index (χ3v) is 3.99. The molecule has 0 bridgehead atoms. The predicted molar refractivity (Wildman–Crippen MR) is 84.4 cm³/mol. The Morgan fingerprint density at radius 1 is 1.57 bits per heavy atom. The molecule has 0 spiro atoms. The zero-order valence-corrected chi connectivity index (χ0v) is 13.6. The van der Waals surface area contributed by atoms with E-state index >= 15 is 0 Å². The number of aromatic amines is 1. The van der Waals surface area contributed by atoms with Crippen molar-refractivity contribution in [2.75, 3.05) is 13.7 Å². The number of aromatic nitrogens is 2. The van der Waals surface area contributed by atoms with Crippen LogP contribution in [0.4, 0.5) is 4.79 Å². The van der Waals surface area contributed by atoms with Gasteiger partial charge in [0.2, 0.25) is 5.91 Å². The largest absolute Gasteiger partial charge is 0.453 e. The number of nitrogens with zero attached hydrogens (tertiary/aromatic N) is 2. The van der Waals surface area contributed by atoms with Crippen molar-refractivity contribution in [1.82, 2.24) is 20.2 Å². The van der Waals surface area contributed by atoms with Gasteiger partial charge in [0, 0.05) is 6.54 Å². The molecule has 2 rings (SSSR count). The van der Waals surface area contributed by atoms with E-state index in [1.807, 2.05) is 13.8 Å². The third-order valence-electron chi connectivity index (χ3n) is 3.99. The molecule has 0 radical (unpaired) electrons. The number of carbonyl (C=O) groups is 2. The Hall–Kier alpha value is -2.49. The minimum Gasteiger partial charge on any atom is -0.453 e. The summed E-state index contributed by atoms with van der Waals surface area (Å²) >= 11 is 0. The standard InChI is InChI=1S/C16H22N4O3/c1-5-11-9-17-14(18-11)12-7-6-8-20(12)15(21)13(10(2)3)19-16(22)23-4/h1,9-10,12-13H,6-8H2,2-4H3,(H,17,18)(H,19,22)/t12-,13?/m0/s1. The molecule has 1 fully saturated rings. The van der Waals surface area contributed by atoms with Crippen molar-refractivity contribution in [3.05, 3.63) is 17.7 Å². The number of ether oxygens (including phenoxy) is 1. The van der Waals surface area contributed by atoms with E-state index in [-0.39, 0.29) is 17.9 Å². The Morgan fingerprint density at radius 2 is 2.30 bits per heavy atom. The van der Waals surface area contributed by atoms with Gasteiger partial charge in [-0.05, 0) is 18.8 Å². The van der Waals surface area contributed by atoms with Gasteiger partial charge >= 0.3 is 6.09 Å². The molecule has 2 amide bonds. The lowest BCUT2D eigenvalue weighted by Gasteiger charge is -2.29. The van der Waals surface area contributed by atoms with E-state index in [4.69, 9.17) is 6.42 Å². The van der Waals surface area contributed by atoms with E-state index in [1.54, 1.807) is 11.1 Å². The number of nitrogens with one attached hydrogen (secondary N) is 2. The number of H-pyrrole nitrogens is 1. The minimum atomic E-state index is -0.634. The van der Waals surface area contributed by atoms with E-state index in [0.29, 0.717) is 18.1 Å². The normalized spacial score (nSPS) is 18.6. The van der Waals surface area contributed by atoms with E-state index in [2.05, 4.69) is 25.9 Å². The Kier molecular flexibility index (Phi) is 5.27. The lowest BCUT2D eigenvalue weighted by atomic mass is 10.0. The zero-order chi connectivity index (χ0) is 17.0. The molecule has 1 aromatic heterocycles. The zero-order valence-electron chi connectivity index (χ0n) is 13.6. The van der Waals surface area contributed by atoms with Gasteiger partial charge in [-0.1, -0.05) is 19.8 Å². The number of likely N-dealkylation sites (tertiary alicyclic amines) is 1. The smallest absolute Gasteiger partial charge is 0.407 e. The van der Waals surface area contributed by atoms with Crippen LogP contribution in [0.25, 0.3) is 0 Å². The molecule has 0 aliphatic carbocycles. The summed E-state index contributed by atoms with van der Waals surface area (Å²) in [6.07, 6.45) is 8.02.